The van der Waals surface area contributed by atoms with Gasteiger partial charge >= 0.3 is 0 Å². The summed E-state index contributed by atoms with van der Waals surface area (Å²) in [5.74, 6) is 0. The zero-order valence-corrected chi connectivity index (χ0v) is 8.72. The molecule has 3 nitrogen and oxygen atoms in total. The van der Waals surface area contributed by atoms with Crippen LogP contribution < -0.4 is 5.73 Å². The molecule has 0 aromatic heterocycles. The van der Waals surface area contributed by atoms with Crippen molar-refractivity contribution in [2.24, 2.45) is 5.73 Å². The summed E-state index contributed by atoms with van der Waals surface area (Å²) in [5, 5.41) is 9.89. The molecule has 1 aromatic carbocycles. The molecule has 0 radical (unpaired) electrons. The van der Waals surface area contributed by atoms with Gasteiger partial charge in [0.05, 0.1) is 6.10 Å². The Kier molecular flexibility index (Phi) is 4.07. The van der Waals surface area contributed by atoms with Gasteiger partial charge in [0.25, 0.3) is 0 Å². The van der Waals surface area contributed by atoms with Gasteiger partial charge < -0.3 is 15.7 Å². The third kappa shape index (κ3) is 3.10. The van der Waals surface area contributed by atoms with Gasteiger partial charge in [0.15, 0.2) is 0 Å². The average molecular weight is 194 g/mol. The minimum Gasteiger partial charge on any atom is -0.387 e. The summed E-state index contributed by atoms with van der Waals surface area (Å²) in [6.07, 6.45) is -0.585. The van der Waals surface area contributed by atoms with E-state index >= 15 is 0 Å². The average Bonchev–Trinajstić information content (AvgIpc) is 2.17. The van der Waals surface area contributed by atoms with Gasteiger partial charge in [-0.2, -0.15) is 0 Å². The van der Waals surface area contributed by atoms with Crippen LogP contribution in [0.5, 0.6) is 0 Å². The molecule has 0 aliphatic carbocycles. The van der Waals surface area contributed by atoms with Crippen molar-refractivity contribution in [3.05, 3.63) is 35.9 Å². The summed E-state index contributed by atoms with van der Waals surface area (Å²) in [6, 6.07) is 9.27. The van der Waals surface area contributed by atoms with E-state index in [1.165, 1.54) is 0 Å². The monoisotopic (exact) mass is 194 g/mol. The van der Waals surface area contributed by atoms with E-state index in [1.54, 1.807) is 0 Å². The van der Waals surface area contributed by atoms with Crippen molar-refractivity contribution in [1.29, 1.82) is 0 Å². The van der Waals surface area contributed by atoms with Crippen molar-refractivity contribution in [3.8, 4) is 0 Å². The maximum Gasteiger partial charge on any atom is 0.0953 e. The Labute approximate surface area is 85.2 Å². The number of nitrogens with zero attached hydrogens (tertiary/aromatic N) is 1. The molecule has 0 amide bonds. The van der Waals surface area contributed by atoms with Crippen LogP contribution in [0.25, 0.3) is 0 Å². The highest BCUT2D eigenvalue weighted by Gasteiger charge is 2.16. The fourth-order valence-electron chi connectivity index (χ4n) is 1.42. The van der Waals surface area contributed by atoms with Crippen LogP contribution >= 0.6 is 0 Å². The van der Waals surface area contributed by atoms with E-state index in [2.05, 4.69) is 0 Å². The van der Waals surface area contributed by atoms with Gasteiger partial charge in [-0.25, -0.2) is 0 Å². The Morgan fingerprint density at radius 3 is 2.36 bits per heavy atom. The Hall–Kier alpha value is -0.900. The van der Waals surface area contributed by atoms with Crippen LogP contribution in [-0.4, -0.2) is 36.7 Å². The molecule has 1 aromatic rings. The fraction of sp³-hybridized carbons (Fsp3) is 0.455. The van der Waals surface area contributed by atoms with E-state index in [-0.39, 0.29) is 6.04 Å². The molecule has 0 fully saturated rings. The van der Waals surface area contributed by atoms with Crippen LogP contribution in [0.2, 0.25) is 0 Å². The lowest BCUT2D eigenvalue weighted by Gasteiger charge is -2.22. The van der Waals surface area contributed by atoms with Gasteiger partial charge in [0.1, 0.15) is 0 Å². The first-order valence-corrected chi connectivity index (χ1v) is 4.74. The number of hydrogen-bond donors (Lipinski definition) is 2. The molecule has 0 aliphatic heterocycles. The number of likely N-dealkylation sites (N-methyl/N-ethyl adjacent to an activating group) is 1. The molecule has 0 spiro atoms. The van der Waals surface area contributed by atoms with E-state index in [9.17, 15) is 5.11 Å². The second-order valence-electron chi connectivity index (χ2n) is 3.78. The lowest BCUT2D eigenvalue weighted by molar-refractivity contribution is 0.131. The Morgan fingerprint density at radius 1 is 1.29 bits per heavy atom. The molecule has 78 valence electrons. The summed E-state index contributed by atoms with van der Waals surface area (Å²) in [5.41, 5.74) is 6.74. The quantitative estimate of drug-likeness (QED) is 0.738. The topological polar surface area (TPSA) is 49.5 Å². The van der Waals surface area contributed by atoms with Crippen molar-refractivity contribution in [1.82, 2.24) is 4.90 Å². The van der Waals surface area contributed by atoms with Gasteiger partial charge in [-0.05, 0) is 19.7 Å². The highest BCUT2D eigenvalue weighted by atomic mass is 16.3. The number of benzene rings is 1. The summed E-state index contributed by atoms with van der Waals surface area (Å²) < 4.78 is 0. The highest BCUT2D eigenvalue weighted by Crippen LogP contribution is 2.14. The van der Waals surface area contributed by atoms with Crippen molar-refractivity contribution in [2.75, 3.05) is 20.6 Å². The Morgan fingerprint density at radius 2 is 1.86 bits per heavy atom. The smallest absolute Gasteiger partial charge is 0.0953 e. The van der Waals surface area contributed by atoms with Crippen LogP contribution in [0.15, 0.2) is 30.3 Å². The van der Waals surface area contributed by atoms with Crippen molar-refractivity contribution in [2.45, 2.75) is 12.1 Å². The predicted octanol–water partition coefficient (Wildman–Crippen LogP) is 0.609. The third-order valence-corrected chi connectivity index (χ3v) is 2.12. The maximum atomic E-state index is 9.89. The minimum absolute atomic E-state index is 0.243. The minimum atomic E-state index is -0.585. The summed E-state index contributed by atoms with van der Waals surface area (Å²) in [4.78, 5) is 1.97. The second-order valence-corrected chi connectivity index (χ2v) is 3.78. The SMILES string of the molecule is CN(C)C[C@@H](N)[C@H](O)c1ccccc1. The molecule has 0 heterocycles. The van der Waals surface area contributed by atoms with Crippen LogP contribution in [0.4, 0.5) is 0 Å². The van der Waals surface area contributed by atoms with Gasteiger partial charge in [-0.15, -0.1) is 0 Å². The Balaban J connectivity index is 2.61. The first-order chi connectivity index (χ1) is 6.61. The molecule has 3 heteroatoms. The predicted molar refractivity (Wildman–Crippen MR) is 57.9 cm³/mol. The summed E-state index contributed by atoms with van der Waals surface area (Å²) in [7, 11) is 3.88. The summed E-state index contributed by atoms with van der Waals surface area (Å²) >= 11 is 0. The van der Waals surface area contributed by atoms with E-state index < -0.39 is 6.10 Å². The van der Waals surface area contributed by atoms with E-state index in [0.717, 1.165) is 5.56 Å². The van der Waals surface area contributed by atoms with E-state index in [0.29, 0.717) is 6.54 Å². The second kappa shape index (κ2) is 5.10. The lowest BCUT2D eigenvalue weighted by atomic mass is 10.0. The summed E-state index contributed by atoms with van der Waals surface area (Å²) in [6.45, 7) is 0.677. The standard InChI is InChI=1S/C11H18N2O/c1-13(2)8-10(12)11(14)9-6-4-3-5-7-9/h3-7,10-11,14H,8,12H2,1-2H3/t10-,11-/m1/s1. The molecule has 0 unspecified atom stereocenters. The van der Waals surface area contributed by atoms with Gasteiger partial charge in [0, 0.05) is 12.6 Å². The number of aliphatic hydroxyl groups excluding tert-OH is 1. The van der Waals surface area contributed by atoms with Crippen LogP contribution in [0, 0.1) is 0 Å². The first-order valence-electron chi connectivity index (χ1n) is 4.74. The molecule has 1 rings (SSSR count). The third-order valence-electron chi connectivity index (χ3n) is 2.12. The number of nitrogens with two attached hydrogens (primary N) is 1. The Bertz CT molecular complexity index is 261. The maximum absolute atomic E-state index is 9.89. The molecule has 0 bridgehead atoms. The molecule has 14 heavy (non-hydrogen) atoms. The highest BCUT2D eigenvalue weighted by molar-refractivity contribution is 5.18. The van der Waals surface area contributed by atoms with Crippen LogP contribution in [-0.2, 0) is 0 Å². The van der Waals surface area contributed by atoms with E-state index in [1.807, 2.05) is 49.3 Å². The normalized spacial score (nSPS) is 15.5. The largest absolute Gasteiger partial charge is 0.387 e. The van der Waals surface area contributed by atoms with Crippen molar-refractivity contribution < 1.29 is 5.11 Å². The molecular weight excluding hydrogens is 176 g/mol. The van der Waals surface area contributed by atoms with Gasteiger partial charge in [-0.1, -0.05) is 30.3 Å². The van der Waals surface area contributed by atoms with Crippen molar-refractivity contribution in [3.63, 3.8) is 0 Å². The van der Waals surface area contributed by atoms with E-state index in [4.69, 9.17) is 5.73 Å². The molecule has 0 aliphatic rings. The molecular formula is C11H18N2O. The number of hydrogen-bond acceptors (Lipinski definition) is 3. The lowest BCUT2D eigenvalue weighted by Crippen LogP contribution is -2.38. The zero-order chi connectivity index (χ0) is 10.6. The van der Waals surface area contributed by atoms with Crippen LogP contribution in [0.1, 0.15) is 11.7 Å². The first kappa shape index (κ1) is 11.2. The molecule has 0 saturated heterocycles. The zero-order valence-electron chi connectivity index (χ0n) is 8.72. The molecule has 3 N–H and O–H groups in total. The van der Waals surface area contributed by atoms with Gasteiger partial charge in [-0.3, -0.25) is 0 Å². The van der Waals surface area contributed by atoms with Gasteiger partial charge in [0.2, 0.25) is 0 Å². The number of aliphatic hydroxyl groups is 1. The van der Waals surface area contributed by atoms with Crippen molar-refractivity contribution >= 4 is 0 Å². The molecule has 0 saturated carbocycles. The molecule has 2 atom stereocenters. The van der Waals surface area contributed by atoms with Crippen LogP contribution in [0.3, 0.4) is 0 Å². The fourth-order valence-corrected chi connectivity index (χ4v) is 1.42. The number of rotatable bonds is 4.